The molecule has 0 amide bonds. The number of pyridine rings is 1. The maximum atomic E-state index is 11.0. The molecule has 0 saturated heterocycles. The summed E-state index contributed by atoms with van der Waals surface area (Å²) in [5.74, 6) is -0.649. The molecule has 0 spiro atoms. The summed E-state index contributed by atoms with van der Waals surface area (Å²) in [5, 5.41) is 0. The Bertz CT molecular complexity index is 357. The highest BCUT2D eigenvalue weighted by atomic mass is 16.5. The van der Waals surface area contributed by atoms with Crippen LogP contribution < -0.4 is 0 Å². The van der Waals surface area contributed by atoms with Crippen LogP contribution in [0.2, 0.25) is 0 Å². The molecule has 0 unspecified atom stereocenters. The first-order valence-electron chi connectivity index (χ1n) is 3.93. The molecule has 0 atom stereocenters. The topological polar surface area (TPSA) is 56.3 Å². The van der Waals surface area contributed by atoms with E-state index >= 15 is 0 Å². The van der Waals surface area contributed by atoms with E-state index in [2.05, 4.69) is 9.72 Å². The van der Waals surface area contributed by atoms with Crippen LogP contribution in [-0.2, 0) is 14.3 Å². The van der Waals surface area contributed by atoms with Crippen molar-refractivity contribution in [1.29, 1.82) is 0 Å². The lowest BCUT2D eigenvalue weighted by Crippen LogP contribution is -2.05. The van der Waals surface area contributed by atoms with Gasteiger partial charge in [-0.1, -0.05) is 6.07 Å². The molecule has 0 aliphatic carbocycles. The van der Waals surface area contributed by atoms with Gasteiger partial charge in [0.1, 0.15) is 0 Å². The molecule has 1 heterocycles. The number of ether oxygens (including phenoxy) is 1. The van der Waals surface area contributed by atoms with Crippen LogP contribution >= 0.6 is 0 Å². The van der Waals surface area contributed by atoms with Crippen molar-refractivity contribution in [2.75, 3.05) is 7.11 Å². The minimum absolute atomic E-state index is 0.0273. The zero-order chi connectivity index (χ0) is 10.4. The van der Waals surface area contributed by atoms with Gasteiger partial charge in [0.25, 0.3) is 0 Å². The second-order valence-corrected chi connectivity index (χ2v) is 2.50. The lowest BCUT2D eigenvalue weighted by Gasteiger charge is -1.96. The van der Waals surface area contributed by atoms with Gasteiger partial charge in [-0.3, -0.25) is 9.78 Å². The van der Waals surface area contributed by atoms with Gasteiger partial charge in [0, 0.05) is 12.4 Å². The maximum Gasteiger partial charge on any atom is 0.341 e. The number of hydrogen-bond donors (Lipinski definition) is 0. The zero-order valence-electron chi connectivity index (χ0n) is 7.64. The maximum absolute atomic E-state index is 11.0. The summed E-state index contributed by atoms with van der Waals surface area (Å²) in [4.78, 5) is 25.4. The summed E-state index contributed by atoms with van der Waals surface area (Å²) in [5.41, 5.74) is 0.653. The second kappa shape index (κ2) is 4.91. The summed E-state index contributed by atoms with van der Waals surface area (Å²) < 4.78 is 4.42. The van der Waals surface area contributed by atoms with E-state index in [1.807, 2.05) is 0 Å². The molecule has 0 fully saturated rings. The molecule has 4 heteroatoms. The van der Waals surface area contributed by atoms with Crippen molar-refractivity contribution < 1.29 is 14.3 Å². The zero-order valence-corrected chi connectivity index (χ0v) is 7.64. The first-order chi connectivity index (χ1) is 6.77. The Morgan fingerprint density at radius 1 is 1.57 bits per heavy atom. The molecule has 14 heavy (non-hydrogen) atoms. The standard InChI is InChI=1S/C10H9NO3/c1-14-10(13)9(7-12)5-8-3-2-4-11-6-8/h2-7H,1H3/b9-5+. The van der Waals surface area contributed by atoms with E-state index in [4.69, 9.17) is 0 Å². The molecule has 0 aromatic carbocycles. The van der Waals surface area contributed by atoms with E-state index in [1.54, 1.807) is 24.5 Å². The Hall–Kier alpha value is -1.97. The van der Waals surface area contributed by atoms with Crippen LogP contribution in [0.15, 0.2) is 30.1 Å². The molecule has 1 aromatic heterocycles. The normalized spacial score (nSPS) is 10.8. The molecule has 1 rings (SSSR count). The molecule has 0 radical (unpaired) electrons. The molecular formula is C10H9NO3. The Kier molecular flexibility index (Phi) is 3.55. The van der Waals surface area contributed by atoms with Crippen molar-refractivity contribution in [2.45, 2.75) is 0 Å². The highest BCUT2D eigenvalue weighted by Crippen LogP contribution is 2.04. The summed E-state index contributed by atoms with van der Waals surface area (Å²) in [6.07, 6.45) is 5.03. The van der Waals surface area contributed by atoms with Gasteiger partial charge in [-0.05, 0) is 17.7 Å². The number of carbonyl (C=O) groups excluding carboxylic acids is 2. The Morgan fingerprint density at radius 3 is 2.86 bits per heavy atom. The van der Waals surface area contributed by atoms with Crippen molar-refractivity contribution in [3.8, 4) is 0 Å². The van der Waals surface area contributed by atoms with Crippen LogP contribution in [0.5, 0.6) is 0 Å². The van der Waals surface area contributed by atoms with Crippen LogP contribution in [0.3, 0.4) is 0 Å². The number of rotatable bonds is 3. The fraction of sp³-hybridized carbons (Fsp3) is 0.100. The Morgan fingerprint density at radius 2 is 2.36 bits per heavy atom. The predicted octanol–water partition coefficient (Wildman–Crippen LogP) is 0.837. The van der Waals surface area contributed by atoms with E-state index in [-0.39, 0.29) is 5.57 Å². The fourth-order valence-electron chi connectivity index (χ4n) is 0.900. The molecule has 0 bridgehead atoms. The minimum Gasteiger partial charge on any atom is -0.465 e. The first-order valence-corrected chi connectivity index (χ1v) is 3.93. The van der Waals surface area contributed by atoms with E-state index in [1.165, 1.54) is 13.2 Å². The quantitative estimate of drug-likeness (QED) is 0.233. The summed E-state index contributed by atoms with van der Waals surface area (Å²) in [7, 11) is 1.23. The van der Waals surface area contributed by atoms with Gasteiger partial charge in [-0.2, -0.15) is 0 Å². The third kappa shape index (κ3) is 2.52. The smallest absolute Gasteiger partial charge is 0.341 e. The molecule has 1 aromatic rings. The fourth-order valence-corrected chi connectivity index (χ4v) is 0.900. The van der Waals surface area contributed by atoms with Gasteiger partial charge in [0.05, 0.1) is 12.7 Å². The number of methoxy groups -OCH3 is 1. The molecular weight excluding hydrogens is 182 g/mol. The van der Waals surface area contributed by atoms with Gasteiger partial charge in [-0.15, -0.1) is 0 Å². The van der Waals surface area contributed by atoms with Gasteiger partial charge >= 0.3 is 5.97 Å². The van der Waals surface area contributed by atoms with Crippen LogP contribution in [0.25, 0.3) is 6.08 Å². The third-order valence-corrected chi connectivity index (χ3v) is 1.55. The first kappa shape index (κ1) is 10.1. The monoisotopic (exact) mass is 191 g/mol. The average Bonchev–Trinajstić information content (AvgIpc) is 2.26. The van der Waals surface area contributed by atoms with Crippen LogP contribution in [0.1, 0.15) is 5.56 Å². The summed E-state index contributed by atoms with van der Waals surface area (Å²) in [6.45, 7) is 0. The number of nitrogens with zero attached hydrogens (tertiary/aromatic N) is 1. The number of carbonyl (C=O) groups is 2. The number of esters is 1. The lowest BCUT2D eigenvalue weighted by molar-refractivity contribution is -0.136. The van der Waals surface area contributed by atoms with Crippen LogP contribution in [-0.4, -0.2) is 24.3 Å². The summed E-state index contributed by atoms with van der Waals surface area (Å²) >= 11 is 0. The van der Waals surface area contributed by atoms with Crippen molar-refractivity contribution in [2.24, 2.45) is 0 Å². The van der Waals surface area contributed by atoms with Gasteiger partial charge in [0.15, 0.2) is 6.29 Å². The van der Waals surface area contributed by atoms with Crippen molar-refractivity contribution >= 4 is 18.3 Å². The van der Waals surface area contributed by atoms with Gasteiger partial charge < -0.3 is 4.74 Å². The van der Waals surface area contributed by atoms with E-state index < -0.39 is 5.97 Å². The molecule has 0 N–H and O–H groups in total. The Labute approximate surface area is 81.2 Å². The average molecular weight is 191 g/mol. The lowest BCUT2D eigenvalue weighted by atomic mass is 10.2. The van der Waals surface area contributed by atoms with Gasteiger partial charge in [-0.25, -0.2) is 4.79 Å². The van der Waals surface area contributed by atoms with Crippen molar-refractivity contribution in [3.05, 3.63) is 35.7 Å². The summed E-state index contributed by atoms with van der Waals surface area (Å²) in [6, 6.07) is 3.45. The molecule has 4 nitrogen and oxygen atoms in total. The van der Waals surface area contributed by atoms with Crippen LogP contribution in [0.4, 0.5) is 0 Å². The number of aldehydes is 1. The number of aromatic nitrogens is 1. The SMILES string of the molecule is COC(=O)/C(C=O)=C/c1cccnc1. The van der Waals surface area contributed by atoms with Crippen molar-refractivity contribution in [1.82, 2.24) is 4.98 Å². The van der Waals surface area contributed by atoms with Crippen LogP contribution in [0, 0.1) is 0 Å². The molecule has 72 valence electrons. The molecule has 0 aliphatic heterocycles. The van der Waals surface area contributed by atoms with E-state index in [9.17, 15) is 9.59 Å². The molecule has 0 saturated carbocycles. The number of hydrogen-bond acceptors (Lipinski definition) is 4. The van der Waals surface area contributed by atoms with E-state index in [0.29, 0.717) is 11.8 Å². The van der Waals surface area contributed by atoms with E-state index in [0.717, 1.165) is 0 Å². The predicted molar refractivity (Wildman–Crippen MR) is 50.3 cm³/mol. The second-order valence-electron chi connectivity index (χ2n) is 2.50. The third-order valence-electron chi connectivity index (χ3n) is 1.55. The minimum atomic E-state index is -0.649. The molecule has 0 aliphatic rings. The van der Waals surface area contributed by atoms with Gasteiger partial charge in [0.2, 0.25) is 0 Å². The Balaban J connectivity index is 2.95. The van der Waals surface area contributed by atoms with Crippen molar-refractivity contribution in [3.63, 3.8) is 0 Å². The largest absolute Gasteiger partial charge is 0.465 e. The highest BCUT2D eigenvalue weighted by Gasteiger charge is 2.07. The highest BCUT2D eigenvalue weighted by molar-refractivity contribution is 6.11.